The normalized spacial score (nSPS) is 11.4. The number of carbonyl (C=O) groups is 2. The molecule has 12 heteroatoms. The molecule has 202 valence electrons. The molecule has 2 heterocycles. The Labute approximate surface area is 222 Å². The van der Waals surface area contributed by atoms with Crippen molar-refractivity contribution < 1.29 is 31.9 Å². The second-order valence-corrected chi connectivity index (χ2v) is 8.57. The number of rotatable bonds is 6. The van der Waals surface area contributed by atoms with E-state index in [0.29, 0.717) is 4.68 Å². The van der Waals surface area contributed by atoms with Gasteiger partial charge in [0.15, 0.2) is 11.5 Å². The largest absolute Gasteiger partial charge is 0.496 e. The second kappa shape index (κ2) is 10.1. The number of methoxy groups -OCH3 is 1. The van der Waals surface area contributed by atoms with Gasteiger partial charge < -0.3 is 15.0 Å². The maximum atomic E-state index is 14.2. The highest BCUT2D eigenvalue weighted by Gasteiger charge is 2.41. The van der Waals surface area contributed by atoms with E-state index in [2.05, 4.69) is 15.4 Å². The van der Waals surface area contributed by atoms with E-state index >= 15 is 0 Å². The molecule has 0 aliphatic rings. The first-order valence-corrected chi connectivity index (χ1v) is 11.6. The summed E-state index contributed by atoms with van der Waals surface area (Å²) in [4.78, 5) is 40.4. The topological polar surface area (TPSA) is 106 Å². The average molecular weight is 550 g/mol. The van der Waals surface area contributed by atoms with Crippen LogP contribution in [0.5, 0.6) is 5.75 Å². The van der Waals surface area contributed by atoms with E-state index in [1.165, 1.54) is 67.9 Å². The Hall–Kier alpha value is -5.26. The van der Waals surface area contributed by atoms with Crippen LogP contribution in [0.4, 0.5) is 23.2 Å². The highest BCUT2D eigenvalue weighted by molar-refractivity contribution is 6.11. The zero-order valence-corrected chi connectivity index (χ0v) is 20.5. The summed E-state index contributed by atoms with van der Waals surface area (Å²) in [7, 11) is 1.33. The predicted octanol–water partition coefficient (Wildman–Crippen LogP) is 5.36. The van der Waals surface area contributed by atoms with Crippen LogP contribution in [0.2, 0.25) is 0 Å². The summed E-state index contributed by atoms with van der Waals surface area (Å²) >= 11 is 0. The van der Waals surface area contributed by atoms with Crippen LogP contribution < -0.4 is 15.6 Å². The number of pyridine rings is 1. The quantitative estimate of drug-likeness (QED) is 0.219. The van der Waals surface area contributed by atoms with Gasteiger partial charge in [0.1, 0.15) is 11.6 Å². The number of alkyl halides is 3. The number of amides is 1. The molecule has 1 amide bonds. The highest BCUT2D eigenvalue weighted by atomic mass is 19.4. The summed E-state index contributed by atoms with van der Waals surface area (Å²) in [5.41, 5.74) is -2.39. The second-order valence-electron chi connectivity index (χ2n) is 8.57. The molecule has 0 spiro atoms. The first kappa shape index (κ1) is 26.4. The standard InChI is InChI=1S/C28H18F4N4O4/c1-40-23-10-7-16(29)13-20(23)24(37)15-5-8-17(9-6-15)35-27(39)21-14-34-36(25(21)28(30,31)32)22-4-2-3-19-18(22)11-12-33-26(19)38/h2-14H,1H3,(H,33,38)(H,35,39). The van der Waals surface area contributed by atoms with Gasteiger partial charge in [0.25, 0.3) is 11.5 Å². The van der Waals surface area contributed by atoms with Gasteiger partial charge in [-0.2, -0.15) is 18.3 Å². The van der Waals surface area contributed by atoms with Gasteiger partial charge in [0, 0.05) is 28.2 Å². The molecular weight excluding hydrogens is 532 g/mol. The van der Waals surface area contributed by atoms with Gasteiger partial charge in [-0.25, -0.2) is 9.07 Å². The van der Waals surface area contributed by atoms with Gasteiger partial charge in [0.05, 0.1) is 30.1 Å². The third kappa shape index (κ3) is 4.82. The van der Waals surface area contributed by atoms with Gasteiger partial charge in [-0.1, -0.05) is 6.07 Å². The molecule has 0 unspecified atom stereocenters. The third-order valence-corrected chi connectivity index (χ3v) is 6.11. The minimum atomic E-state index is -4.98. The maximum Gasteiger partial charge on any atom is 0.434 e. The zero-order chi connectivity index (χ0) is 28.6. The number of nitrogens with one attached hydrogen (secondary N) is 2. The molecule has 5 aromatic rings. The summed E-state index contributed by atoms with van der Waals surface area (Å²) in [5.74, 6) is -2.12. The van der Waals surface area contributed by atoms with Crippen molar-refractivity contribution in [2.75, 3.05) is 12.4 Å². The highest BCUT2D eigenvalue weighted by Crippen LogP contribution is 2.35. The molecule has 0 saturated heterocycles. The number of fused-ring (bicyclic) bond motifs is 1. The lowest BCUT2D eigenvalue weighted by atomic mass is 10.0. The van der Waals surface area contributed by atoms with Crippen LogP contribution in [-0.2, 0) is 6.18 Å². The molecule has 0 aliphatic carbocycles. The van der Waals surface area contributed by atoms with E-state index in [9.17, 15) is 31.9 Å². The van der Waals surface area contributed by atoms with Crippen molar-refractivity contribution in [3.8, 4) is 11.4 Å². The van der Waals surface area contributed by atoms with Gasteiger partial charge in [-0.3, -0.25) is 14.4 Å². The summed E-state index contributed by atoms with van der Waals surface area (Å²) in [6.07, 6.45) is -2.89. The molecule has 0 fully saturated rings. The van der Waals surface area contributed by atoms with E-state index in [-0.39, 0.29) is 39.0 Å². The molecule has 0 radical (unpaired) electrons. The molecule has 5 rings (SSSR count). The Morgan fingerprint density at radius 2 is 1.73 bits per heavy atom. The Morgan fingerprint density at radius 3 is 2.42 bits per heavy atom. The molecule has 0 saturated carbocycles. The minimum Gasteiger partial charge on any atom is -0.496 e. The molecular formula is C28H18F4N4O4. The van der Waals surface area contributed by atoms with Crippen molar-refractivity contribution in [3.63, 3.8) is 0 Å². The Morgan fingerprint density at radius 1 is 0.975 bits per heavy atom. The number of hydrogen-bond acceptors (Lipinski definition) is 5. The summed E-state index contributed by atoms with van der Waals surface area (Å²) in [6.45, 7) is 0. The number of halogens is 4. The van der Waals surface area contributed by atoms with Crippen molar-refractivity contribution in [1.29, 1.82) is 0 Å². The lowest BCUT2D eigenvalue weighted by molar-refractivity contribution is -0.143. The maximum absolute atomic E-state index is 14.2. The average Bonchev–Trinajstić information content (AvgIpc) is 3.39. The summed E-state index contributed by atoms with van der Waals surface area (Å²) in [5, 5.41) is 6.57. The number of hydrogen-bond donors (Lipinski definition) is 2. The molecule has 0 atom stereocenters. The number of carbonyl (C=O) groups excluding carboxylic acids is 2. The number of ether oxygens (including phenoxy) is 1. The van der Waals surface area contributed by atoms with Crippen LogP contribution in [-0.4, -0.2) is 33.6 Å². The summed E-state index contributed by atoms with van der Waals surface area (Å²) in [6, 6.07) is 14.5. The van der Waals surface area contributed by atoms with Gasteiger partial charge in [-0.05, 0) is 60.7 Å². The molecule has 40 heavy (non-hydrogen) atoms. The first-order chi connectivity index (χ1) is 19.1. The fraction of sp³-hybridized carbons (Fsp3) is 0.0714. The van der Waals surface area contributed by atoms with Crippen molar-refractivity contribution in [2.45, 2.75) is 6.18 Å². The molecule has 3 aromatic carbocycles. The number of aromatic amines is 1. The number of H-pyrrole nitrogens is 1. The zero-order valence-electron chi connectivity index (χ0n) is 20.5. The molecule has 0 aliphatic heterocycles. The van der Waals surface area contributed by atoms with Crippen LogP contribution in [0.1, 0.15) is 32.0 Å². The SMILES string of the molecule is COc1ccc(F)cc1C(=O)c1ccc(NC(=O)c2cnn(-c3cccc4c(=O)[nH]ccc34)c2C(F)(F)F)cc1. The van der Waals surface area contributed by atoms with E-state index in [1.807, 2.05) is 0 Å². The molecule has 2 N–H and O–H groups in total. The number of ketones is 1. The monoisotopic (exact) mass is 550 g/mol. The third-order valence-electron chi connectivity index (χ3n) is 6.11. The lowest BCUT2D eigenvalue weighted by Crippen LogP contribution is -2.21. The molecule has 2 aromatic heterocycles. The molecule has 8 nitrogen and oxygen atoms in total. The number of nitrogens with zero attached hydrogens (tertiary/aromatic N) is 2. The van der Waals surface area contributed by atoms with Crippen molar-refractivity contribution in [2.24, 2.45) is 0 Å². The van der Waals surface area contributed by atoms with Crippen LogP contribution in [0.25, 0.3) is 16.5 Å². The Bertz CT molecular complexity index is 1830. The van der Waals surface area contributed by atoms with E-state index in [4.69, 9.17) is 4.74 Å². The van der Waals surface area contributed by atoms with Crippen molar-refractivity contribution in [3.05, 3.63) is 118 Å². The minimum absolute atomic E-state index is 0.0167. The van der Waals surface area contributed by atoms with Gasteiger partial charge in [-0.15, -0.1) is 0 Å². The van der Waals surface area contributed by atoms with Crippen molar-refractivity contribution in [1.82, 2.24) is 14.8 Å². The number of aromatic nitrogens is 3. The van der Waals surface area contributed by atoms with Crippen molar-refractivity contribution >= 4 is 28.2 Å². The van der Waals surface area contributed by atoms with E-state index in [0.717, 1.165) is 18.3 Å². The predicted molar refractivity (Wildman–Crippen MR) is 137 cm³/mol. The fourth-order valence-corrected chi connectivity index (χ4v) is 4.28. The van der Waals surface area contributed by atoms with Gasteiger partial charge in [0.2, 0.25) is 0 Å². The van der Waals surface area contributed by atoms with Crippen LogP contribution in [0.15, 0.2) is 83.9 Å². The number of benzene rings is 3. The first-order valence-electron chi connectivity index (χ1n) is 11.6. The lowest BCUT2D eigenvalue weighted by Gasteiger charge is -2.14. The summed E-state index contributed by atoms with van der Waals surface area (Å²) < 4.78 is 62.0. The van der Waals surface area contributed by atoms with E-state index in [1.54, 1.807) is 0 Å². The van der Waals surface area contributed by atoms with Crippen LogP contribution in [0, 0.1) is 5.82 Å². The van der Waals surface area contributed by atoms with Crippen LogP contribution >= 0.6 is 0 Å². The Balaban J connectivity index is 1.46. The fourth-order valence-electron chi connectivity index (χ4n) is 4.28. The van der Waals surface area contributed by atoms with Gasteiger partial charge >= 0.3 is 6.18 Å². The van der Waals surface area contributed by atoms with E-state index < -0.39 is 40.5 Å². The smallest absolute Gasteiger partial charge is 0.434 e. The Kier molecular flexibility index (Phi) is 6.68. The van der Waals surface area contributed by atoms with Crippen LogP contribution in [0.3, 0.4) is 0 Å². The molecule has 0 bridgehead atoms. The number of anilines is 1.